The molecule has 4 rings (SSSR count). The summed E-state index contributed by atoms with van der Waals surface area (Å²) >= 11 is 0. The summed E-state index contributed by atoms with van der Waals surface area (Å²) in [6.45, 7) is 11.8. The van der Waals surface area contributed by atoms with Crippen LogP contribution in [0.15, 0.2) is 78.9 Å². The number of nitrogens with one attached hydrogen (secondary N) is 1. The molecular formula is C30H33N3O. The first-order chi connectivity index (χ1) is 16.3. The first-order valence-corrected chi connectivity index (χ1v) is 11.9. The molecule has 0 unspecified atom stereocenters. The van der Waals surface area contributed by atoms with E-state index in [1.54, 1.807) is 0 Å². The molecule has 4 nitrogen and oxygen atoms in total. The van der Waals surface area contributed by atoms with Gasteiger partial charge in [-0.05, 0) is 82.1 Å². The van der Waals surface area contributed by atoms with E-state index in [9.17, 15) is 4.79 Å². The van der Waals surface area contributed by atoms with Crippen LogP contribution in [0.2, 0.25) is 0 Å². The quantitative estimate of drug-likeness (QED) is 0.326. The van der Waals surface area contributed by atoms with Gasteiger partial charge in [-0.2, -0.15) is 0 Å². The molecule has 0 aliphatic heterocycles. The van der Waals surface area contributed by atoms with Crippen molar-refractivity contribution < 1.29 is 4.79 Å². The summed E-state index contributed by atoms with van der Waals surface area (Å²) in [4.78, 5) is 20.1. The predicted octanol–water partition coefficient (Wildman–Crippen LogP) is 7.08. The molecule has 1 N–H and O–H groups in total. The molecule has 4 aromatic rings. The number of amides is 1. The van der Waals surface area contributed by atoms with Crippen LogP contribution in [0.1, 0.15) is 49.3 Å². The maximum atomic E-state index is 12.8. The predicted molar refractivity (Wildman–Crippen MR) is 142 cm³/mol. The third-order valence-electron chi connectivity index (χ3n) is 6.21. The molecule has 0 aliphatic rings. The van der Waals surface area contributed by atoms with Crippen molar-refractivity contribution in [2.24, 2.45) is 0 Å². The van der Waals surface area contributed by atoms with Crippen molar-refractivity contribution in [3.8, 4) is 11.1 Å². The van der Waals surface area contributed by atoms with Gasteiger partial charge < -0.3 is 5.32 Å². The Bertz CT molecular complexity index is 1270. The van der Waals surface area contributed by atoms with Gasteiger partial charge in [-0.3, -0.25) is 14.7 Å². The number of anilines is 1. The molecule has 1 amide bonds. The second-order valence-electron chi connectivity index (χ2n) is 9.47. The number of benzene rings is 3. The van der Waals surface area contributed by atoms with Gasteiger partial charge in [-0.1, -0.05) is 48.0 Å². The second kappa shape index (κ2) is 10.2. The summed E-state index contributed by atoms with van der Waals surface area (Å²) in [5.74, 6) is -0.121. The van der Waals surface area contributed by atoms with E-state index in [0.717, 1.165) is 40.0 Å². The third kappa shape index (κ3) is 5.52. The van der Waals surface area contributed by atoms with E-state index in [1.165, 1.54) is 5.56 Å². The molecule has 1 aromatic heterocycles. The summed E-state index contributed by atoms with van der Waals surface area (Å²) in [5.41, 5.74) is 6.86. The van der Waals surface area contributed by atoms with Crippen molar-refractivity contribution >= 4 is 22.5 Å². The molecule has 174 valence electrons. The minimum absolute atomic E-state index is 0.121. The maximum absolute atomic E-state index is 12.8. The Morgan fingerprint density at radius 1 is 0.824 bits per heavy atom. The van der Waals surface area contributed by atoms with E-state index in [4.69, 9.17) is 4.98 Å². The summed E-state index contributed by atoms with van der Waals surface area (Å²) in [6.07, 6.45) is 0. The molecule has 0 bridgehead atoms. The van der Waals surface area contributed by atoms with E-state index in [1.807, 2.05) is 42.5 Å². The lowest BCUT2D eigenvalue weighted by atomic mass is 10.0. The van der Waals surface area contributed by atoms with E-state index in [-0.39, 0.29) is 5.91 Å². The summed E-state index contributed by atoms with van der Waals surface area (Å²) in [6, 6.07) is 27.1. The van der Waals surface area contributed by atoms with Gasteiger partial charge in [0.15, 0.2) is 0 Å². The minimum atomic E-state index is -0.121. The zero-order valence-corrected chi connectivity index (χ0v) is 20.7. The van der Waals surface area contributed by atoms with E-state index < -0.39 is 0 Å². The number of rotatable bonds is 7. The molecule has 34 heavy (non-hydrogen) atoms. The zero-order valence-electron chi connectivity index (χ0n) is 20.7. The van der Waals surface area contributed by atoms with Gasteiger partial charge in [0.1, 0.15) is 0 Å². The first-order valence-electron chi connectivity index (χ1n) is 11.9. The van der Waals surface area contributed by atoms with Gasteiger partial charge in [0, 0.05) is 35.3 Å². The third-order valence-corrected chi connectivity index (χ3v) is 6.21. The molecule has 0 radical (unpaired) electrons. The van der Waals surface area contributed by atoms with Crippen LogP contribution in [0.25, 0.3) is 22.0 Å². The normalized spacial score (nSPS) is 11.5. The van der Waals surface area contributed by atoms with Crippen molar-refractivity contribution in [3.63, 3.8) is 0 Å². The number of aromatic nitrogens is 1. The molecule has 1 heterocycles. The van der Waals surface area contributed by atoms with Crippen molar-refractivity contribution in [2.75, 3.05) is 5.32 Å². The van der Waals surface area contributed by atoms with Crippen LogP contribution in [0.3, 0.4) is 0 Å². The minimum Gasteiger partial charge on any atom is -0.322 e. The SMILES string of the molecule is Cc1ccc(-c2ccc(C(=O)Nc3ccc4nc(CN(C(C)C)C(C)C)ccc4c3)cc2)cc1. The number of aryl methyl sites for hydroxylation is 1. The average molecular weight is 452 g/mol. The molecule has 0 saturated carbocycles. The Hall–Kier alpha value is -3.50. The number of pyridine rings is 1. The fourth-order valence-electron chi connectivity index (χ4n) is 4.25. The van der Waals surface area contributed by atoms with E-state index >= 15 is 0 Å². The number of fused-ring (bicyclic) bond motifs is 1. The first kappa shape index (κ1) is 23.7. The monoisotopic (exact) mass is 451 g/mol. The largest absolute Gasteiger partial charge is 0.322 e. The van der Waals surface area contributed by atoms with Crippen LogP contribution < -0.4 is 5.32 Å². The van der Waals surface area contributed by atoms with Crippen LogP contribution >= 0.6 is 0 Å². The van der Waals surface area contributed by atoms with Crippen LogP contribution in [0, 0.1) is 6.92 Å². The Kier molecular flexibility index (Phi) is 7.09. The van der Waals surface area contributed by atoms with E-state index in [0.29, 0.717) is 17.6 Å². The highest BCUT2D eigenvalue weighted by Crippen LogP contribution is 2.23. The maximum Gasteiger partial charge on any atom is 0.255 e. The van der Waals surface area contributed by atoms with Crippen molar-refractivity contribution in [2.45, 2.75) is 53.2 Å². The Balaban J connectivity index is 1.46. The highest BCUT2D eigenvalue weighted by Gasteiger charge is 2.15. The van der Waals surface area contributed by atoms with Gasteiger partial charge in [-0.25, -0.2) is 0 Å². The topological polar surface area (TPSA) is 45.2 Å². The summed E-state index contributed by atoms with van der Waals surface area (Å²) in [7, 11) is 0. The van der Waals surface area contributed by atoms with Crippen molar-refractivity contribution in [1.29, 1.82) is 0 Å². The van der Waals surface area contributed by atoms with Gasteiger partial charge >= 0.3 is 0 Å². The zero-order chi connectivity index (χ0) is 24.2. The van der Waals surface area contributed by atoms with Crippen LogP contribution in [-0.4, -0.2) is 27.9 Å². The number of hydrogen-bond donors (Lipinski definition) is 1. The molecule has 0 atom stereocenters. The Labute approximate surface area is 202 Å². The molecule has 0 spiro atoms. The van der Waals surface area contributed by atoms with Gasteiger partial charge in [0.05, 0.1) is 11.2 Å². The summed E-state index contributed by atoms with van der Waals surface area (Å²) in [5, 5.41) is 4.03. The summed E-state index contributed by atoms with van der Waals surface area (Å²) < 4.78 is 0. The second-order valence-corrected chi connectivity index (χ2v) is 9.47. The van der Waals surface area contributed by atoms with Crippen molar-refractivity contribution in [3.05, 3.63) is 95.7 Å². The standard InChI is InChI=1S/C30H33N3O/c1-20(2)33(21(3)4)19-28-15-14-26-18-27(16-17-29(26)31-28)32-30(34)25-12-10-24(11-13-25)23-8-6-22(5)7-9-23/h6-18,20-21H,19H2,1-5H3,(H,32,34). The fourth-order valence-corrected chi connectivity index (χ4v) is 4.25. The lowest BCUT2D eigenvalue weighted by Gasteiger charge is -2.30. The Morgan fingerprint density at radius 2 is 1.44 bits per heavy atom. The van der Waals surface area contributed by atoms with Crippen molar-refractivity contribution in [1.82, 2.24) is 9.88 Å². The van der Waals surface area contributed by atoms with Gasteiger partial charge in [0.2, 0.25) is 0 Å². The highest BCUT2D eigenvalue weighted by molar-refractivity contribution is 6.05. The van der Waals surface area contributed by atoms with Crippen LogP contribution in [0.4, 0.5) is 5.69 Å². The number of hydrogen-bond acceptors (Lipinski definition) is 3. The molecule has 3 aromatic carbocycles. The molecule has 0 aliphatic carbocycles. The fraction of sp³-hybridized carbons (Fsp3) is 0.267. The molecule has 0 fully saturated rings. The highest BCUT2D eigenvalue weighted by atomic mass is 16.1. The Morgan fingerprint density at radius 3 is 2.06 bits per heavy atom. The number of nitrogens with zero attached hydrogens (tertiary/aromatic N) is 2. The molecular weight excluding hydrogens is 418 g/mol. The smallest absolute Gasteiger partial charge is 0.255 e. The molecule has 0 saturated heterocycles. The van der Waals surface area contributed by atoms with Crippen LogP contribution in [0.5, 0.6) is 0 Å². The number of carbonyl (C=O) groups excluding carboxylic acids is 1. The van der Waals surface area contributed by atoms with Crippen LogP contribution in [-0.2, 0) is 6.54 Å². The van der Waals surface area contributed by atoms with Gasteiger partial charge in [0.25, 0.3) is 5.91 Å². The number of carbonyl (C=O) groups is 1. The lowest BCUT2D eigenvalue weighted by molar-refractivity contribution is 0.102. The molecule has 4 heteroatoms. The lowest BCUT2D eigenvalue weighted by Crippen LogP contribution is -2.36. The van der Waals surface area contributed by atoms with Gasteiger partial charge in [-0.15, -0.1) is 0 Å². The van der Waals surface area contributed by atoms with E-state index in [2.05, 4.69) is 81.2 Å². The average Bonchev–Trinajstić information content (AvgIpc) is 2.82.